The molecule has 80 valence electrons. The van der Waals surface area contributed by atoms with E-state index in [1.165, 1.54) is 4.90 Å². The molecule has 0 rings (SSSR count). The summed E-state index contributed by atoms with van der Waals surface area (Å²) in [6.45, 7) is 3.35. The molecule has 0 aromatic carbocycles. The second kappa shape index (κ2) is 4.81. The highest BCUT2D eigenvalue weighted by molar-refractivity contribution is 4.71. The number of halogens is 3. The van der Waals surface area contributed by atoms with Gasteiger partial charge >= 0.3 is 6.18 Å². The van der Waals surface area contributed by atoms with Crippen LogP contribution in [0.25, 0.3) is 0 Å². The molecule has 2 nitrogen and oxygen atoms in total. The van der Waals surface area contributed by atoms with Gasteiger partial charge in [-0.3, -0.25) is 0 Å². The topological polar surface area (TPSA) is 23.5 Å². The van der Waals surface area contributed by atoms with Crippen molar-refractivity contribution in [3.8, 4) is 0 Å². The molecule has 0 bridgehead atoms. The van der Waals surface area contributed by atoms with Crippen LogP contribution in [0.2, 0.25) is 0 Å². The lowest BCUT2D eigenvalue weighted by atomic mass is 10.2. The van der Waals surface area contributed by atoms with Crippen LogP contribution < -0.4 is 0 Å². The van der Waals surface area contributed by atoms with Crippen molar-refractivity contribution in [2.24, 2.45) is 0 Å². The second-order valence-corrected chi connectivity index (χ2v) is 3.25. The maximum absolute atomic E-state index is 11.9. The normalized spacial score (nSPS) is 17.5. The summed E-state index contributed by atoms with van der Waals surface area (Å²) in [5.41, 5.74) is 0. The number of aliphatic hydroxyl groups is 1. The van der Waals surface area contributed by atoms with Crippen LogP contribution >= 0.6 is 0 Å². The summed E-state index contributed by atoms with van der Waals surface area (Å²) in [7, 11) is 1.57. The molecule has 0 radical (unpaired) electrons. The van der Waals surface area contributed by atoms with E-state index in [0.29, 0.717) is 0 Å². The van der Waals surface area contributed by atoms with Crippen LogP contribution in [0.1, 0.15) is 20.3 Å². The van der Waals surface area contributed by atoms with Gasteiger partial charge in [0.05, 0.1) is 0 Å². The molecular weight excluding hydrogens is 183 g/mol. The molecule has 0 saturated heterocycles. The van der Waals surface area contributed by atoms with Gasteiger partial charge in [-0.15, -0.1) is 0 Å². The molecule has 5 heteroatoms. The number of aliphatic hydroxyl groups excluding tert-OH is 1. The van der Waals surface area contributed by atoms with Crippen LogP contribution in [0.15, 0.2) is 0 Å². The molecule has 0 saturated carbocycles. The zero-order valence-electron chi connectivity index (χ0n) is 8.10. The average molecular weight is 199 g/mol. The molecular formula is C8H16F3NO. The molecule has 13 heavy (non-hydrogen) atoms. The molecule has 0 heterocycles. The Morgan fingerprint density at radius 2 is 1.85 bits per heavy atom. The van der Waals surface area contributed by atoms with E-state index in [9.17, 15) is 13.2 Å². The molecule has 2 unspecified atom stereocenters. The van der Waals surface area contributed by atoms with Crippen molar-refractivity contribution in [3.63, 3.8) is 0 Å². The van der Waals surface area contributed by atoms with Gasteiger partial charge in [-0.25, -0.2) is 0 Å². The fraction of sp³-hybridized carbons (Fsp3) is 1.00. The van der Waals surface area contributed by atoms with Crippen molar-refractivity contribution in [1.29, 1.82) is 0 Å². The lowest BCUT2D eigenvalue weighted by molar-refractivity contribution is -0.208. The highest BCUT2D eigenvalue weighted by atomic mass is 19.4. The van der Waals surface area contributed by atoms with Crippen molar-refractivity contribution in [2.75, 3.05) is 13.6 Å². The van der Waals surface area contributed by atoms with E-state index in [1.807, 2.05) is 13.8 Å². The third-order valence-corrected chi connectivity index (χ3v) is 2.18. The predicted molar refractivity (Wildman–Crippen MR) is 44.4 cm³/mol. The van der Waals surface area contributed by atoms with Gasteiger partial charge in [-0.2, -0.15) is 13.2 Å². The molecule has 0 spiro atoms. The lowest BCUT2D eigenvalue weighted by Crippen LogP contribution is -2.42. The third kappa shape index (κ3) is 4.47. The van der Waals surface area contributed by atoms with Gasteiger partial charge in [-0.05, 0) is 20.4 Å². The number of hydrogen-bond acceptors (Lipinski definition) is 2. The van der Waals surface area contributed by atoms with Crippen LogP contribution in [0, 0.1) is 0 Å². The van der Waals surface area contributed by atoms with Gasteiger partial charge in [0.15, 0.2) is 6.10 Å². The van der Waals surface area contributed by atoms with E-state index in [-0.39, 0.29) is 12.6 Å². The maximum atomic E-state index is 11.9. The van der Waals surface area contributed by atoms with Gasteiger partial charge in [0.2, 0.25) is 0 Å². The quantitative estimate of drug-likeness (QED) is 0.744. The van der Waals surface area contributed by atoms with Gasteiger partial charge < -0.3 is 10.0 Å². The minimum absolute atomic E-state index is 0.0528. The summed E-state index contributed by atoms with van der Waals surface area (Å²) in [6, 6.07) is 0.0528. The molecule has 0 aliphatic carbocycles. The first-order chi connectivity index (χ1) is 5.79. The SMILES string of the molecule is CCC(C)N(C)CC(O)C(F)(F)F. The number of hydrogen-bond donors (Lipinski definition) is 1. The average Bonchev–Trinajstić information content (AvgIpc) is 2.01. The van der Waals surface area contributed by atoms with Crippen molar-refractivity contribution in [3.05, 3.63) is 0 Å². The first-order valence-corrected chi connectivity index (χ1v) is 4.24. The number of alkyl halides is 3. The van der Waals surface area contributed by atoms with Gasteiger partial charge in [0, 0.05) is 12.6 Å². The number of nitrogens with zero attached hydrogens (tertiary/aromatic N) is 1. The van der Waals surface area contributed by atoms with Crippen molar-refractivity contribution in [1.82, 2.24) is 4.90 Å². The Balaban J connectivity index is 3.98. The summed E-state index contributed by atoms with van der Waals surface area (Å²) in [5.74, 6) is 0. The standard InChI is InChI=1S/C8H16F3NO/c1-4-6(2)12(3)5-7(13)8(9,10)11/h6-7,13H,4-5H2,1-3H3. The van der Waals surface area contributed by atoms with E-state index in [1.54, 1.807) is 7.05 Å². The first kappa shape index (κ1) is 12.7. The minimum atomic E-state index is -4.51. The Bertz CT molecular complexity index is 149. The molecule has 0 fully saturated rings. The van der Waals surface area contributed by atoms with Crippen molar-refractivity contribution in [2.45, 2.75) is 38.6 Å². The van der Waals surface area contributed by atoms with Gasteiger partial charge in [-0.1, -0.05) is 6.92 Å². The highest BCUT2D eigenvalue weighted by Gasteiger charge is 2.38. The van der Waals surface area contributed by atoms with E-state index in [2.05, 4.69) is 0 Å². The highest BCUT2D eigenvalue weighted by Crippen LogP contribution is 2.20. The maximum Gasteiger partial charge on any atom is 0.415 e. The minimum Gasteiger partial charge on any atom is -0.382 e. The Morgan fingerprint density at radius 1 is 1.38 bits per heavy atom. The molecule has 0 aromatic rings. The first-order valence-electron chi connectivity index (χ1n) is 4.24. The Morgan fingerprint density at radius 3 is 2.15 bits per heavy atom. The van der Waals surface area contributed by atoms with Crippen molar-refractivity contribution < 1.29 is 18.3 Å². The molecule has 0 amide bonds. The van der Waals surface area contributed by atoms with Crippen LogP contribution in [0.4, 0.5) is 13.2 Å². The number of rotatable bonds is 4. The summed E-state index contributed by atoms with van der Waals surface area (Å²) in [5, 5.41) is 8.73. The fourth-order valence-corrected chi connectivity index (χ4v) is 0.868. The van der Waals surface area contributed by atoms with Crippen LogP contribution in [0.5, 0.6) is 0 Å². The van der Waals surface area contributed by atoms with E-state index in [4.69, 9.17) is 5.11 Å². The lowest BCUT2D eigenvalue weighted by Gasteiger charge is -2.26. The fourth-order valence-electron chi connectivity index (χ4n) is 0.868. The van der Waals surface area contributed by atoms with Crippen LogP contribution in [0.3, 0.4) is 0 Å². The van der Waals surface area contributed by atoms with E-state index < -0.39 is 12.3 Å². The second-order valence-electron chi connectivity index (χ2n) is 3.25. The Hall–Kier alpha value is -0.290. The molecule has 1 N–H and O–H groups in total. The summed E-state index contributed by atoms with van der Waals surface area (Å²) >= 11 is 0. The zero-order chi connectivity index (χ0) is 10.6. The van der Waals surface area contributed by atoms with Gasteiger partial charge in [0.1, 0.15) is 0 Å². The summed E-state index contributed by atoms with van der Waals surface area (Å²) in [6.07, 6.45) is -5.99. The van der Waals surface area contributed by atoms with Crippen LogP contribution in [-0.4, -0.2) is 41.9 Å². The predicted octanol–water partition coefficient (Wildman–Crippen LogP) is 1.64. The molecule has 0 aliphatic rings. The Labute approximate surface area is 76.3 Å². The van der Waals surface area contributed by atoms with Crippen LogP contribution in [-0.2, 0) is 0 Å². The third-order valence-electron chi connectivity index (χ3n) is 2.18. The molecule has 0 aliphatic heterocycles. The summed E-state index contributed by atoms with van der Waals surface area (Å²) in [4.78, 5) is 1.50. The van der Waals surface area contributed by atoms with E-state index in [0.717, 1.165) is 6.42 Å². The molecule has 0 aromatic heterocycles. The van der Waals surface area contributed by atoms with E-state index >= 15 is 0 Å². The molecule has 2 atom stereocenters. The Kier molecular flexibility index (Phi) is 4.70. The number of likely N-dealkylation sites (N-methyl/N-ethyl adjacent to an activating group) is 1. The largest absolute Gasteiger partial charge is 0.415 e. The van der Waals surface area contributed by atoms with Gasteiger partial charge in [0.25, 0.3) is 0 Å². The summed E-state index contributed by atoms with van der Waals surface area (Å²) < 4.78 is 35.7. The zero-order valence-corrected chi connectivity index (χ0v) is 8.10. The smallest absolute Gasteiger partial charge is 0.382 e. The van der Waals surface area contributed by atoms with Crippen molar-refractivity contribution >= 4 is 0 Å². The monoisotopic (exact) mass is 199 g/mol.